The summed E-state index contributed by atoms with van der Waals surface area (Å²) in [5.41, 5.74) is 3.10. The Morgan fingerprint density at radius 2 is 2.17 bits per heavy atom. The number of rotatable bonds is 2. The molecule has 0 aliphatic heterocycles. The molecule has 0 N–H and O–H groups in total. The molecule has 0 radical (unpaired) electrons. The van der Waals surface area contributed by atoms with Gasteiger partial charge in [-0.3, -0.25) is 4.79 Å². The highest BCUT2D eigenvalue weighted by molar-refractivity contribution is 9.10. The van der Waals surface area contributed by atoms with Crippen LogP contribution in [0.15, 0.2) is 16.6 Å². The van der Waals surface area contributed by atoms with Crippen LogP contribution in [0.25, 0.3) is 0 Å². The minimum Gasteiger partial charge on any atom is -0.298 e. The van der Waals surface area contributed by atoms with E-state index in [0.717, 1.165) is 28.3 Å². The van der Waals surface area contributed by atoms with Gasteiger partial charge in [-0.25, -0.2) is 0 Å². The number of hydrogen-bond acceptors (Lipinski definition) is 1. The van der Waals surface area contributed by atoms with E-state index in [4.69, 9.17) is 0 Å². The van der Waals surface area contributed by atoms with E-state index in [1.165, 1.54) is 5.56 Å². The molecule has 1 nitrogen and oxygen atoms in total. The summed E-state index contributed by atoms with van der Waals surface area (Å²) < 4.78 is 0.979. The lowest BCUT2D eigenvalue weighted by molar-refractivity contribution is 0.112. The summed E-state index contributed by atoms with van der Waals surface area (Å²) >= 11 is 3.37. The second-order valence-corrected chi connectivity index (χ2v) is 3.67. The summed E-state index contributed by atoms with van der Waals surface area (Å²) in [6, 6.07) is 3.91. The first kappa shape index (κ1) is 9.46. The van der Waals surface area contributed by atoms with Gasteiger partial charge in [0.25, 0.3) is 0 Å². The molecule has 0 heterocycles. The molecule has 0 bridgehead atoms. The van der Waals surface area contributed by atoms with Crippen LogP contribution in [0.3, 0.4) is 0 Å². The van der Waals surface area contributed by atoms with Gasteiger partial charge in [0.1, 0.15) is 6.29 Å². The zero-order valence-corrected chi connectivity index (χ0v) is 8.81. The molecule has 2 heteroatoms. The number of benzene rings is 1. The number of hydrogen-bond donors (Lipinski definition) is 0. The lowest BCUT2D eigenvalue weighted by Crippen LogP contribution is -1.93. The van der Waals surface area contributed by atoms with Gasteiger partial charge >= 0.3 is 0 Å². The molecule has 0 aliphatic rings. The largest absolute Gasteiger partial charge is 0.298 e. The van der Waals surface area contributed by atoms with E-state index in [1.54, 1.807) is 0 Å². The van der Waals surface area contributed by atoms with Gasteiger partial charge in [-0.2, -0.15) is 0 Å². The molecular formula is C10H11BrO. The first-order chi connectivity index (χ1) is 5.69. The first-order valence-electron chi connectivity index (χ1n) is 3.93. The lowest BCUT2D eigenvalue weighted by Gasteiger charge is -2.05. The molecule has 12 heavy (non-hydrogen) atoms. The maximum atomic E-state index is 10.6. The van der Waals surface area contributed by atoms with Crippen molar-refractivity contribution in [1.29, 1.82) is 0 Å². The van der Waals surface area contributed by atoms with Gasteiger partial charge < -0.3 is 0 Å². The fraction of sp³-hybridized carbons (Fsp3) is 0.300. The maximum absolute atomic E-state index is 10.6. The van der Waals surface area contributed by atoms with Gasteiger partial charge in [-0.05, 0) is 36.6 Å². The molecular weight excluding hydrogens is 216 g/mol. The minimum absolute atomic E-state index is 0.779. The number of carbonyl (C=O) groups is 1. The van der Waals surface area contributed by atoms with E-state index in [-0.39, 0.29) is 0 Å². The molecule has 0 fully saturated rings. The Morgan fingerprint density at radius 1 is 1.50 bits per heavy atom. The second-order valence-electron chi connectivity index (χ2n) is 2.75. The average Bonchev–Trinajstić information content (AvgIpc) is 2.08. The average molecular weight is 227 g/mol. The fourth-order valence-electron chi connectivity index (χ4n) is 1.25. The van der Waals surface area contributed by atoms with Crippen LogP contribution in [0.2, 0.25) is 0 Å². The summed E-state index contributed by atoms with van der Waals surface area (Å²) in [5, 5.41) is 0. The molecule has 0 atom stereocenters. The predicted molar refractivity (Wildman–Crippen MR) is 53.6 cm³/mol. The smallest absolute Gasteiger partial charge is 0.150 e. The molecule has 1 rings (SSSR count). The van der Waals surface area contributed by atoms with E-state index in [1.807, 2.05) is 13.0 Å². The van der Waals surface area contributed by atoms with E-state index in [0.29, 0.717) is 0 Å². The standard InChI is InChI=1S/C10H11BrO/c1-3-8-4-10(11)5-9(6-12)7(8)2/h4-6H,3H2,1-2H3. The van der Waals surface area contributed by atoms with Crippen LogP contribution in [0.1, 0.15) is 28.4 Å². The van der Waals surface area contributed by atoms with Crippen molar-refractivity contribution < 1.29 is 4.79 Å². The van der Waals surface area contributed by atoms with E-state index < -0.39 is 0 Å². The molecule has 0 saturated carbocycles. The Kier molecular flexibility index (Phi) is 3.04. The normalized spacial score (nSPS) is 9.92. The molecule has 0 amide bonds. The number of carbonyl (C=O) groups excluding carboxylic acids is 1. The van der Waals surface area contributed by atoms with Gasteiger partial charge in [0.15, 0.2) is 0 Å². The maximum Gasteiger partial charge on any atom is 0.150 e. The molecule has 0 aliphatic carbocycles. The third-order valence-electron chi connectivity index (χ3n) is 2.03. The Morgan fingerprint density at radius 3 is 2.67 bits per heavy atom. The molecule has 0 unspecified atom stereocenters. The van der Waals surface area contributed by atoms with Crippen molar-refractivity contribution in [3.8, 4) is 0 Å². The Bertz CT molecular complexity index is 305. The monoisotopic (exact) mass is 226 g/mol. The molecule has 0 aromatic heterocycles. The van der Waals surface area contributed by atoms with Crippen molar-refractivity contribution in [2.75, 3.05) is 0 Å². The van der Waals surface area contributed by atoms with Crippen LogP contribution in [-0.2, 0) is 6.42 Å². The quantitative estimate of drug-likeness (QED) is 0.709. The van der Waals surface area contributed by atoms with E-state index in [2.05, 4.69) is 28.9 Å². The van der Waals surface area contributed by atoms with Crippen LogP contribution in [0.5, 0.6) is 0 Å². The van der Waals surface area contributed by atoms with Crippen molar-refractivity contribution >= 4 is 22.2 Å². The van der Waals surface area contributed by atoms with E-state index in [9.17, 15) is 4.79 Å². The topological polar surface area (TPSA) is 17.1 Å². The second kappa shape index (κ2) is 3.85. The van der Waals surface area contributed by atoms with Crippen LogP contribution in [0.4, 0.5) is 0 Å². The van der Waals surface area contributed by atoms with Gasteiger partial charge in [0, 0.05) is 10.0 Å². The summed E-state index contributed by atoms with van der Waals surface area (Å²) in [7, 11) is 0. The van der Waals surface area contributed by atoms with Gasteiger partial charge in [0.05, 0.1) is 0 Å². The third kappa shape index (κ3) is 1.75. The number of halogens is 1. The zero-order chi connectivity index (χ0) is 9.14. The number of aryl methyl sites for hydroxylation is 1. The predicted octanol–water partition coefficient (Wildman–Crippen LogP) is 3.13. The SMILES string of the molecule is CCc1cc(Br)cc(C=O)c1C. The highest BCUT2D eigenvalue weighted by Crippen LogP contribution is 2.20. The summed E-state index contributed by atoms with van der Waals surface area (Å²) in [6.45, 7) is 4.07. The summed E-state index contributed by atoms with van der Waals surface area (Å²) in [6.07, 6.45) is 1.87. The highest BCUT2D eigenvalue weighted by atomic mass is 79.9. The lowest BCUT2D eigenvalue weighted by atomic mass is 10.0. The molecule has 1 aromatic rings. The Labute approximate surface area is 80.9 Å². The van der Waals surface area contributed by atoms with Crippen molar-refractivity contribution in [2.24, 2.45) is 0 Å². The van der Waals surface area contributed by atoms with Crippen LogP contribution in [-0.4, -0.2) is 6.29 Å². The summed E-state index contributed by atoms with van der Waals surface area (Å²) in [5.74, 6) is 0. The molecule has 64 valence electrons. The molecule has 1 aromatic carbocycles. The van der Waals surface area contributed by atoms with Crippen molar-refractivity contribution in [3.05, 3.63) is 33.3 Å². The zero-order valence-electron chi connectivity index (χ0n) is 7.23. The molecule has 0 saturated heterocycles. The van der Waals surface area contributed by atoms with Crippen LogP contribution in [0, 0.1) is 6.92 Å². The Balaban J connectivity index is 3.31. The van der Waals surface area contributed by atoms with Crippen molar-refractivity contribution in [3.63, 3.8) is 0 Å². The third-order valence-corrected chi connectivity index (χ3v) is 2.49. The van der Waals surface area contributed by atoms with Crippen molar-refractivity contribution in [1.82, 2.24) is 0 Å². The van der Waals surface area contributed by atoms with Crippen molar-refractivity contribution in [2.45, 2.75) is 20.3 Å². The first-order valence-corrected chi connectivity index (χ1v) is 4.72. The van der Waals surface area contributed by atoms with E-state index >= 15 is 0 Å². The van der Waals surface area contributed by atoms with Gasteiger partial charge in [0.2, 0.25) is 0 Å². The summed E-state index contributed by atoms with van der Waals surface area (Å²) in [4.78, 5) is 10.6. The Hall–Kier alpha value is -0.630. The van der Waals surface area contributed by atoms with Crippen LogP contribution < -0.4 is 0 Å². The van der Waals surface area contributed by atoms with Gasteiger partial charge in [-0.1, -0.05) is 22.9 Å². The van der Waals surface area contributed by atoms with Crippen LogP contribution >= 0.6 is 15.9 Å². The van der Waals surface area contributed by atoms with Gasteiger partial charge in [-0.15, -0.1) is 0 Å². The number of aldehydes is 1. The molecule has 0 spiro atoms. The fourth-order valence-corrected chi connectivity index (χ4v) is 1.77. The minimum atomic E-state index is 0.779. The highest BCUT2D eigenvalue weighted by Gasteiger charge is 2.03.